The summed E-state index contributed by atoms with van der Waals surface area (Å²) in [5, 5.41) is 21.8. The Bertz CT molecular complexity index is 1310. The second-order valence-electron chi connectivity index (χ2n) is 10.8. The number of halogens is 3. The van der Waals surface area contributed by atoms with Gasteiger partial charge < -0.3 is 15.2 Å². The summed E-state index contributed by atoms with van der Waals surface area (Å²) in [7, 11) is 0. The number of aromatic nitrogens is 7. The smallest absolute Gasteiger partial charge is 0.339 e. The molecule has 0 unspecified atom stereocenters. The first-order chi connectivity index (χ1) is 18.5. The first-order valence-electron chi connectivity index (χ1n) is 13.2. The van der Waals surface area contributed by atoms with Crippen LogP contribution in [0.3, 0.4) is 0 Å². The van der Waals surface area contributed by atoms with Gasteiger partial charge in [-0.05, 0) is 70.3 Å². The minimum atomic E-state index is -4.42. The number of carbonyl (C=O) groups is 2. The van der Waals surface area contributed by atoms with E-state index >= 15 is 0 Å². The fourth-order valence-corrected chi connectivity index (χ4v) is 5.20. The molecule has 3 aromatic heterocycles. The van der Waals surface area contributed by atoms with E-state index in [0.29, 0.717) is 23.2 Å². The molecule has 0 radical (unpaired) electrons. The molecule has 14 heteroatoms. The van der Waals surface area contributed by atoms with Gasteiger partial charge in [0.15, 0.2) is 5.82 Å². The Kier molecular flexibility index (Phi) is 7.21. The summed E-state index contributed by atoms with van der Waals surface area (Å²) in [5.41, 5.74) is 0.753. The zero-order valence-electron chi connectivity index (χ0n) is 22.0. The summed E-state index contributed by atoms with van der Waals surface area (Å²) >= 11 is 0. The molecule has 39 heavy (non-hydrogen) atoms. The molecule has 5 rings (SSSR count). The summed E-state index contributed by atoms with van der Waals surface area (Å²) in [5.74, 6) is 0.163. The topological polar surface area (TPSA) is 125 Å². The molecular weight excluding hydrogens is 515 g/mol. The van der Waals surface area contributed by atoms with E-state index in [9.17, 15) is 22.8 Å². The molecular formula is C25H32F3N9O2. The van der Waals surface area contributed by atoms with Crippen LogP contribution < -0.4 is 10.6 Å². The van der Waals surface area contributed by atoms with Crippen molar-refractivity contribution in [1.82, 2.24) is 39.6 Å². The van der Waals surface area contributed by atoms with E-state index in [-0.39, 0.29) is 29.6 Å². The van der Waals surface area contributed by atoms with Gasteiger partial charge in [0.05, 0.1) is 11.9 Å². The van der Waals surface area contributed by atoms with Gasteiger partial charge in [0.25, 0.3) is 5.91 Å². The summed E-state index contributed by atoms with van der Waals surface area (Å²) in [6.45, 7) is 4.28. The van der Waals surface area contributed by atoms with Crippen molar-refractivity contribution >= 4 is 17.5 Å². The number of alkyl halides is 3. The quantitative estimate of drug-likeness (QED) is 0.378. The van der Waals surface area contributed by atoms with Crippen LogP contribution in [0.2, 0.25) is 0 Å². The Morgan fingerprint density at radius 2 is 1.79 bits per heavy atom. The van der Waals surface area contributed by atoms with E-state index in [1.165, 1.54) is 17.1 Å². The highest BCUT2D eigenvalue weighted by Gasteiger charge is 2.48. The molecule has 0 aliphatic heterocycles. The third kappa shape index (κ3) is 6.14. The normalized spacial score (nSPS) is 17.4. The second-order valence-corrected chi connectivity index (χ2v) is 10.8. The predicted octanol–water partition coefficient (Wildman–Crippen LogP) is 3.60. The minimum Gasteiger partial charge on any atom is -0.339 e. The zero-order chi connectivity index (χ0) is 27.9. The number of hydrogen-bond acceptors (Lipinski definition) is 6. The van der Waals surface area contributed by atoms with E-state index in [0.717, 1.165) is 36.6 Å². The zero-order valence-corrected chi connectivity index (χ0v) is 22.0. The van der Waals surface area contributed by atoms with E-state index in [4.69, 9.17) is 0 Å². The van der Waals surface area contributed by atoms with E-state index in [1.54, 1.807) is 23.9 Å². The molecule has 11 nitrogen and oxygen atoms in total. The maximum absolute atomic E-state index is 13.6. The highest BCUT2D eigenvalue weighted by atomic mass is 19.4. The van der Waals surface area contributed by atoms with Crippen molar-refractivity contribution in [1.29, 1.82) is 0 Å². The molecule has 0 spiro atoms. The molecule has 2 fully saturated rings. The molecule has 2 aliphatic rings. The Morgan fingerprint density at radius 3 is 2.41 bits per heavy atom. The third-order valence-corrected chi connectivity index (χ3v) is 7.31. The number of nitrogens with zero attached hydrogens (tertiary/aromatic N) is 7. The van der Waals surface area contributed by atoms with E-state index in [1.807, 2.05) is 13.8 Å². The molecule has 2 amide bonds. The first-order valence-corrected chi connectivity index (χ1v) is 13.2. The van der Waals surface area contributed by atoms with Gasteiger partial charge in [-0.3, -0.25) is 19.0 Å². The van der Waals surface area contributed by atoms with Crippen LogP contribution in [0.4, 0.5) is 18.9 Å². The highest BCUT2D eigenvalue weighted by molar-refractivity contribution is 6.00. The molecule has 0 saturated heterocycles. The average Bonchev–Trinajstić information content (AvgIpc) is 3.72. The number of nitrogens with one attached hydrogen (secondary N) is 2. The largest absolute Gasteiger partial charge is 0.406 e. The Balaban J connectivity index is 1.33. The van der Waals surface area contributed by atoms with Crippen LogP contribution in [0.5, 0.6) is 0 Å². The van der Waals surface area contributed by atoms with Gasteiger partial charge in [0.1, 0.15) is 30.6 Å². The predicted molar refractivity (Wildman–Crippen MR) is 134 cm³/mol. The van der Waals surface area contributed by atoms with Crippen LogP contribution >= 0.6 is 0 Å². The van der Waals surface area contributed by atoms with Gasteiger partial charge in [0, 0.05) is 18.4 Å². The van der Waals surface area contributed by atoms with Crippen LogP contribution in [0.25, 0.3) is 0 Å². The first kappa shape index (κ1) is 26.9. The molecule has 2 atom stereocenters. The standard InChI is InChI=1S/C25H32F3N9O2/c1-14(2)37-19(8-9-30-37)23(38)33-21(20(16-4-5-16)17-6-7-17)24(39)32-18-10-31-36(11-18)15(3)22-34-29-13-35(22)12-25(26,27)28/h8-11,13-17,20-21H,4-7,12H2,1-3H3,(H,32,39)(H,33,38)/t15-,21-/m0/s1. The number of amides is 2. The maximum Gasteiger partial charge on any atom is 0.406 e. The maximum atomic E-state index is 13.6. The lowest BCUT2D eigenvalue weighted by Crippen LogP contribution is -2.50. The van der Waals surface area contributed by atoms with Gasteiger partial charge in [-0.2, -0.15) is 23.4 Å². The van der Waals surface area contributed by atoms with Gasteiger partial charge in [-0.15, -0.1) is 10.2 Å². The van der Waals surface area contributed by atoms with Crippen molar-refractivity contribution in [2.75, 3.05) is 5.32 Å². The fraction of sp³-hybridized carbons (Fsp3) is 0.600. The lowest BCUT2D eigenvalue weighted by Gasteiger charge is -2.27. The second kappa shape index (κ2) is 10.5. The number of rotatable bonds is 11. The van der Waals surface area contributed by atoms with Gasteiger partial charge in [-0.1, -0.05) is 0 Å². The third-order valence-electron chi connectivity index (χ3n) is 7.31. The van der Waals surface area contributed by atoms with E-state index < -0.39 is 24.8 Å². The molecule has 2 N–H and O–H groups in total. The Morgan fingerprint density at radius 1 is 1.10 bits per heavy atom. The van der Waals surface area contributed by atoms with Gasteiger partial charge in [-0.25, -0.2) is 0 Å². The van der Waals surface area contributed by atoms with Crippen molar-refractivity contribution in [2.24, 2.45) is 17.8 Å². The Hall–Kier alpha value is -3.71. The van der Waals surface area contributed by atoms with E-state index in [2.05, 4.69) is 31.0 Å². The SMILES string of the molecule is CC(C)n1nccc1C(=O)N[C@H](C(=O)Nc1cnn([C@@H](C)c2nncn2CC(F)(F)F)c1)C(C1CC1)C1CC1. The van der Waals surface area contributed by atoms with Crippen molar-refractivity contribution in [3.05, 3.63) is 42.5 Å². The van der Waals surface area contributed by atoms with Crippen LogP contribution in [-0.4, -0.2) is 58.4 Å². The van der Waals surface area contributed by atoms with Crippen LogP contribution in [-0.2, 0) is 11.3 Å². The van der Waals surface area contributed by atoms with Crippen molar-refractivity contribution in [3.8, 4) is 0 Å². The van der Waals surface area contributed by atoms with Crippen molar-refractivity contribution in [2.45, 2.75) is 77.3 Å². The van der Waals surface area contributed by atoms with Crippen molar-refractivity contribution < 1.29 is 22.8 Å². The monoisotopic (exact) mass is 547 g/mol. The molecule has 0 bridgehead atoms. The van der Waals surface area contributed by atoms with Crippen LogP contribution in [0.1, 0.15) is 74.9 Å². The molecule has 2 saturated carbocycles. The van der Waals surface area contributed by atoms with Crippen LogP contribution in [0, 0.1) is 17.8 Å². The number of hydrogen-bond donors (Lipinski definition) is 2. The summed E-state index contributed by atoms with van der Waals surface area (Å²) < 4.78 is 42.8. The lowest BCUT2D eigenvalue weighted by molar-refractivity contribution is -0.141. The number of anilines is 1. The molecule has 3 heterocycles. The van der Waals surface area contributed by atoms with Crippen molar-refractivity contribution in [3.63, 3.8) is 0 Å². The summed E-state index contributed by atoms with van der Waals surface area (Å²) in [6.07, 6.45) is 5.23. The molecule has 2 aliphatic carbocycles. The summed E-state index contributed by atoms with van der Waals surface area (Å²) in [4.78, 5) is 26.9. The fourth-order valence-electron chi connectivity index (χ4n) is 5.20. The molecule has 3 aromatic rings. The molecule has 0 aromatic carbocycles. The summed E-state index contributed by atoms with van der Waals surface area (Å²) in [6, 6.07) is 0.198. The number of carbonyl (C=O) groups excluding carboxylic acids is 2. The Labute approximate surface area is 223 Å². The average molecular weight is 548 g/mol. The van der Waals surface area contributed by atoms with Gasteiger partial charge in [0.2, 0.25) is 5.91 Å². The van der Waals surface area contributed by atoms with Gasteiger partial charge >= 0.3 is 6.18 Å². The minimum absolute atomic E-state index is 0.0227. The molecule has 210 valence electrons. The lowest BCUT2D eigenvalue weighted by atomic mass is 9.88. The van der Waals surface area contributed by atoms with Crippen LogP contribution in [0.15, 0.2) is 31.0 Å². The highest BCUT2D eigenvalue weighted by Crippen LogP contribution is 2.51.